The fraction of sp³-hybridized carbons (Fsp3) is 0.400. The third kappa shape index (κ3) is 2.14. The molecule has 1 N–H and O–H groups in total. The molecule has 2 rings (SSSR count). The molecular formula is C10H11N5S. The van der Waals surface area contributed by atoms with Gasteiger partial charge in [-0.2, -0.15) is 5.26 Å². The van der Waals surface area contributed by atoms with Crippen LogP contribution in [-0.4, -0.2) is 25.2 Å². The van der Waals surface area contributed by atoms with Crippen LogP contribution in [0.5, 0.6) is 0 Å². The van der Waals surface area contributed by atoms with Crippen molar-refractivity contribution < 1.29 is 0 Å². The molecule has 0 radical (unpaired) electrons. The van der Waals surface area contributed by atoms with Crippen molar-refractivity contribution in [1.82, 2.24) is 19.9 Å². The van der Waals surface area contributed by atoms with E-state index in [1.54, 1.807) is 18.1 Å². The largest absolute Gasteiger partial charge is 0.341 e. The summed E-state index contributed by atoms with van der Waals surface area (Å²) in [5, 5.41) is 9.84. The van der Waals surface area contributed by atoms with Gasteiger partial charge in [-0.3, -0.25) is 0 Å². The Balaban J connectivity index is 2.26. The SMILES string of the molecule is CCC(CC#N)Sc1ncnc2nc[nH]c12. The van der Waals surface area contributed by atoms with Crippen molar-refractivity contribution in [3.8, 4) is 6.07 Å². The first-order valence-electron chi connectivity index (χ1n) is 5.02. The normalized spacial score (nSPS) is 12.5. The molecule has 0 aliphatic heterocycles. The molecule has 0 spiro atoms. The molecule has 16 heavy (non-hydrogen) atoms. The zero-order chi connectivity index (χ0) is 11.4. The van der Waals surface area contributed by atoms with Gasteiger partial charge in [0.15, 0.2) is 5.65 Å². The molecule has 0 aromatic carbocycles. The van der Waals surface area contributed by atoms with Gasteiger partial charge in [-0.1, -0.05) is 18.7 Å². The molecule has 1 atom stereocenters. The second-order valence-electron chi connectivity index (χ2n) is 3.29. The summed E-state index contributed by atoms with van der Waals surface area (Å²) in [7, 11) is 0. The van der Waals surface area contributed by atoms with Crippen LogP contribution < -0.4 is 0 Å². The average Bonchev–Trinajstić information content (AvgIpc) is 2.77. The highest BCUT2D eigenvalue weighted by molar-refractivity contribution is 8.00. The van der Waals surface area contributed by atoms with Crippen molar-refractivity contribution in [2.75, 3.05) is 0 Å². The van der Waals surface area contributed by atoms with Gasteiger partial charge in [0, 0.05) is 11.7 Å². The summed E-state index contributed by atoms with van der Waals surface area (Å²) in [6.45, 7) is 2.07. The summed E-state index contributed by atoms with van der Waals surface area (Å²) in [6.07, 6.45) is 4.58. The number of thioether (sulfide) groups is 1. The van der Waals surface area contributed by atoms with Crippen LogP contribution in [0.4, 0.5) is 0 Å². The number of fused-ring (bicyclic) bond motifs is 1. The number of H-pyrrole nitrogens is 1. The van der Waals surface area contributed by atoms with Crippen LogP contribution >= 0.6 is 11.8 Å². The van der Waals surface area contributed by atoms with Gasteiger partial charge >= 0.3 is 0 Å². The maximum Gasteiger partial charge on any atom is 0.181 e. The van der Waals surface area contributed by atoms with Crippen LogP contribution in [0.2, 0.25) is 0 Å². The lowest BCUT2D eigenvalue weighted by molar-refractivity contribution is 0.839. The van der Waals surface area contributed by atoms with Gasteiger partial charge in [0.05, 0.1) is 12.4 Å². The van der Waals surface area contributed by atoms with Crippen LogP contribution in [0.25, 0.3) is 11.2 Å². The van der Waals surface area contributed by atoms with E-state index in [1.807, 2.05) is 0 Å². The first kappa shape index (κ1) is 10.9. The van der Waals surface area contributed by atoms with E-state index in [0.717, 1.165) is 17.0 Å². The molecule has 0 saturated heterocycles. The number of hydrogen-bond donors (Lipinski definition) is 1. The number of rotatable bonds is 4. The molecule has 0 bridgehead atoms. The minimum absolute atomic E-state index is 0.270. The van der Waals surface area contributed by atoms with Crippen LogP contribution in [-0.2, 0) is 0 Å². The van der Waals surface area contributed by atoms with E-state index in [9.17, 15) is 0 Å². The Hall–Kier alpha value is -1.61. The lowest BCUT2D eigenvalue weighted by atomic mass is 10.3. The van der Waals surface area contributed by atoms with Crippen LogP contribution in [0.15, 0.2) is 17.7 Å². The molecule has 2 aromatic heterocycles. The van der Waals surface area contributed by atoms with Crippen molar-refractivity contribution in [2.45, 2.75) is 30.0 Å². The number of hydrogen-bond acceptors (Lipinski definition) is 5. The Labute approximate surface area is 97.3 Å². The zero-order valence-electron chi connectivity index (χ0n) is 8.84. The van der Waals surface area contributed by atoms with E-state index in [0.29, 0.717) is 12.1 Å². The first-order valence-corrected chi connectivity index (χ1v) is 5.90. The van der Waals surface area contributed by atoms with Crippen molar-refractivity contribution >= 4 is 22.9 Å². The Kier molecular flexibility index (Phi) is 3.37. The number of nitriles is 1. The fourth-order valence-corrected chi connectivity index (χ4v) is 2.38. The Morgan fingerprint density at radius 3 is 3.12 bits per heavy atom. The Morgan fingerprint density at radius 1 is 1.50 bits per heavy atom. The molecule has 0 aliphatic carbocycles. The molecule has 2 aromatic rings. The standard InChI is InChI=1S/C10H11N5S/c1-2-7(3-4-11)16-10-8-9(13-5-12-8)14-6-15-10/h5-7H,2-3H2,1H3,(H,12,13,14,15). The Bertz CT molecular complexity index is 515. The van der Waals surface area contributed by atoms with E-state index < -0.39 is 0 Å². The van der Waals surface area contributed by atoms with E-state index in [4.69, 9.17) is 5.26 Å². The second-order valence-corrected chi connectivity index (χ2v) is 4.58. The van der Waals surface area contributed by atoms with Crippen LogP contribution in [0, 0.1) is 11.3 Å². The predicted molar refractivity (Wildman–Crippen MR) is 61.8 cm³/mol. The molecule has 0 saturated carbocycles. The van der Waals surface area contributed by atoms with Gasteiger partial charge in [-0.25, -0.2) is 15.0 Å². The highest BCUT2D eigenvalue weighted by Crippen LogP contribution is 2.29. The molecular weight excluding hydrogens is 222 g/mol. The molecule has 82 valence electrons. The maximum absolute atomic E-state index is 8.70. The molecule has 0 fully saturated rings. The highest BCUT2D eigenvalue weighted by Gasteiger charge is 2.12. The third-order valence-corrected chi connectivity index (χ3v) is 3.61. The molecule has 6 heteroatoms. The van der Waals surface area contributed by atoms with Gasteiger partial charge in [-0.15, -0.1) is 0 Å². The van der Waals surface area contributed by atoms with Gasteiger partial charge in [0.25, 0.3) is 0 Å². The average molecular weight is 233 g/mol. The number of imidazole rings is 1. The van der Waals surface area contributed by atoms with E-state index in [2.05, 4.69) is 32.9 Å². The van der Waals surface area contributed by atoms with Crippen molar-refractivity contribution in [3.63, 3.8) is 0 Å². The van der Waals surface area contributed by atoms with Crippen LogP contribution in [0.1, 0.15) is 19.8 Å². The van der Waals surface area contributed by atoms with Gasteiger partial charge < -0.3 is 4.98 Å². The van der Waals surface area contributed by atoms with E-state index in [1.165, 1.54) is 6.33 Å². The maximum atomic E-state index is 8.70. The number of nitrogens with one attached hydrogen (secondary N) is 1. The molecule has 1 unspecified atom stereocenters. The van der Waals surface area contributed by atoms with Crippen molar-refractivity contribution in [1.29, 1.82) is 5.26 Å². The summed E-state index contributed by atoms with van der Waals surface area (Å²) < 4.78 is 0. The summed E-state index contributed by atoms with van der Waals surface area (Å²) in [5.74, 6) is 0. The molecule has 5 nitrogen and oxygen atoms in total. The second kappa shape index (κ2) is 4.94. The van der Waals surface area contributed by atoms with E-state index in [-0.39, 0.29) is 5.25 Å². The zero-order valence-corrected chi connectivity index (χ0v) is 9.66. The number of nitrogens with zero attached hydrogens (tertiary/aromatic N) is 4. The highest BCUT2D eigenvalue weighted by atomic mass is 32.2. The fourth-order valence-electron chi connectivity index (χ4n) is 1.36. The van der Waals surface area contributed by atoms with Crippen molar-refractivity contribution in [3.05, 3.63) is 12.7 Å². The topological polar surface area (TPSA) is 78.2 Å². The number of aromatic amines is 1. The van der Waals surface area contributed by atoms with Gasteiger partial charge in [0.1, 0.15) is 16.9 Å². The third-order valence-electron chi connectivity index (χ3n) is 2.24. The predicted octanol–water partition coefficient (Wildman–Crippen LogP) is 2.14. The molecule has 0 amide bonds. The monoisotopic (exact) mass is 233 g/mol. The lowest BCUT2D eigenvalue weighted by Crippen LogP contribution is -2.00. The van der Waals surface area contributed by atoms with Gasteiger partial charge in [0.2, 0.25) is 0 Å². The quantitative estimate of drug-likeness (QED) is 0.646. The number of aromatic nitrogens is 4. The van der Waals surface area contributed by atoms with Gasteiger partial charge in [-0.05, 0) is 6.42 Å². The lowest BCUT2D eigenvalue weighted by Gasteiger charge is -2.09. The molecule has 0 aliphatic rings. The summed E-state index contributed by atoms with van der Waals surface area (Å²) >= 11 is 1.60. The summed E-state index contributed by atoms with van der Waals surface area (Å²) in [5.41, 5.74) is 1.52. The Morgan fingerprint density at radius 2 is 2.38 bits per heavy atom. The van der Waals surface area contributed by atoms with E-state index >= 15 is 0 Å². The van der Waals surface area contributed by atoms with Crippen molar-refractivity contribution in [2.24, 2.45) is 0 Å². The minimum Gasteiger partial charge on any atom is -0.341 e. The molecule has 2 heterocycles. The van der Waals surface area contributed by atoms with Crippen LogP contribution in [0.3, 0.4) is 0 Å². The summed E-state index contributed by atoms with van der Waals surface area (Å²) in [4.78, 5) is 15.4. The summed E-state index contributed by atoms with van der Waals surface area (Å²) in [6, 6.07) is 2.19. The smallest absolute Gasteiger partial charge is 0.181 e. The first-order chi connectivity index (χ1) is 7.85. The minimum atomic E-state index is 0.270.